The van der Waals surface area contributed by atoms with Crippen LogP contribution in [-0.4, -0.2) is 328 Å². The summed E-state index contributed by atoms with van der Waals surface area (Å²) in [5.41, 5.74) is 1.16. The van der Waals surface area contributed by atoms with E-state index in [1.165, 1.54) is 56.3 Å². The smallest absolute Gasteiger partial charge is 0.234 e. The van der Waals surface area contributed by atoms with Gasteiger partial charge in [0.2, 0.25) is 23.6 Å². The molecule has 0 aromatic rings. The van der Waals surface area contributed by atoms with Crippen molar-refractivity contribution < 1.29 is 143 Å². The summed E-state index contributed by atoms with van der Waals surface area (Å²) in [4.78, 5) is 55.5. The van der Waals surface area contributed by atoms with Gasteiger partial charge in [0, 0.05) is 55.8 Å². The van der Waals surface area contributed by atoms with Gasteiger partial charge in [0.05, 0.1) is 44.8 Å². The lowest BCUT2D eigenvalue weighted by Gasteiger charge is -2.50. The number of aliphatic hydroxyl groups is 15. The summed E-state index contributed by atoms with van der Waals surface area (Å²) in [6, 6.07) is -1.70. The molecule has 0 spiro atoms. The third-order valence-corrected chi connectivity index (χ3v) is 24.0. The first-order valence-corrected chi connectivity index (χ1v) is 40.3. The van der Waals surface area contributed by atoms with Crippen molar-refractivity contribution in [1.82, 2.24) is 20.9 Å². The molecule has 0 aromatic heterocycles. The van der Waals surface area contributed by atoms with E-state index in [1.807, 2.05) is 13.0 Å². The van der Waals surface area contributed by atoms with Gasteiger partial charge in [0.15, 0.2) is 31.5 Å². The Morgan fingerprint density at radius 3 is 1.72 bits per heavy atom. The van der Waals surface area contributed by atoms with E-state index in [2.05, 4.69) is 35.0 Å². The molecule has 8 rings (SSSR count). The van der Waals surface area contributed by atoms with Crippen LogP contribution in [0.5, 0.6) is 0 Å². The number of imide groups is 1. The number of nitrogens with zero attached hydrogens (tertiary/aromatic N) is 1. The molecule has 109 heavy (non-hydrogen) atoms. The molecule has 2 aliphatic carbocycles. The van der Waals surface area contributed by atoms with E-state index in [0.717, 1.165) is 63.3 Å². The molecule has 6 saturated heterocycles. The molecular formula is C74H125N5O29S. The highest BCUT2D eigenvalue weighted by Crippen LogP contribution is 2.45. The fraction of sp³-hybridized carbons (Fsp3) is 0.878. The average Bonchev–Trinajstić information content (AvgIpc) is 1.56. The molecule has 16 unspecified atom stereocenters. The highest BCUT2D eigenvalue weighted by molar-refractivity contribution is 8.00. The first kappa shape index (κ1) is 90.9. The number of hydrogen-bond acceptors (Lipinski definition) is 31. The van der Waals surface area contributed by atoms with Gasteiger partial charge in [0.25, 0.3) is 0 Å². The Morgan fingerprint density at radius 2 is 1.12 bits per heavy atom. The first-order chi connectivity index (χ1) is 52.3. The van der Waals surface area contributed by atoms with Crippen molar-refractivity contribution in [2.75, 3.05) is 58.5 Å². The fourth-order valence-corrected chi connectivity index (χ4v) is 17.2. The monoisotopic (exact) mass is 1580 g/mol. The molecule has 1 saturated carbocycles. The van der Waals surface area contributed by atoms with Gasteiger partial charge in [-0.2, -0.15) is 11.8 Å². The SMILES string of the molecule is C/C=C\CCCC(C)(SCCCC(=N)N/C1=C/CCCCCCCCCCC1)C1CC(=O)N(CC2CCC(C(=O)NCCCCCO[C@@H]3OC(CO)[C@@H](O[C@@H]4OC(CO)[C@H](O[C@H]5OC(CO)[C@H](O)C(O[C@@H]6OC(CO)[C@H](O)C(O[C@@H]7OC(CO)[C@H](O)C(O)C7O)C6NC(C)=O)[C@H]5O)C(O)C4O)C(O)C3O)CC2)C1=O. The molecular weight excluding hydrogens is 1450 g/mol. The molecule has 34 nitrogen and oxygen atoms in total. The Labute approximate surface area is 641 Å². The topological polar surface area (TPSA) is 527 Å². The molecule has 0 bridgehead atoms. The molecule has 19 N–H and O–H groups in total. The summed E-state index contributed by atoms with van der Waals surface area (Å²) < 4.78 is 57.4. The Balaban J connectivity index is 0.750. The minimum atomic E-state index is -2.18. The second-order valence-corrected chi connectivity index (χ2v) is 32.1. The summed E-state index contributed by atoms with van der Waals surface area (Å²) >= 11 is 1.76. The summed E-state index contributed by atoms with van der Waals surface area (Å²) in [6.07, 6.45) is -16.3. The Morgan fingerprint density at radius 1 is 0.596 bits per heavy atom. The molecule has 6 heterocycles. The van der Waals surface area contributed by atoms with Gasteiger partial charge in [-0.3, -0.25) is 29.5 Å². The van der Waals surface area contributed by atoms with E-state index < -0.39 is 203 Å². The summed E-state index contributed by atoms with van der Waals surface area (Å²) in [5, 5.41) is 181. The Bertz CT molecular complexity index is 2830. The van der Waals surface area contributed by atoms with Crippen molar-refractivity contribution in [3.63, 3.8) is 0 Å². The predicted molar refractivity (Wildman–Crippen MR) is 387 cm³/mol. The van der Waals surface area contributed by atoms with Crippen LogP contribution in [0.25, 0.3) is 0 Å². The highest BCUT2D eigenvalue weighted by atomic mass is 32.2. The number of carbonyl (C=O) groups is 4. The van der Waals surface area contributed by atoms with E-state index in [9.17, 15) is 95.8 Å². The molecule has 4 amide bonds. The lowest BCUT2D eigenvalue weighted by molar-refractivity contribution is -0.389. The largest absolute Gasteiger partial charge is 0.394 e. The van der Waals surface area contributed by atoms with E-state index >= 15 is 0 Å². The fourth-order valence-electron chi connectivity index (χ4n) is 15.8. The molecule has 8 aliphatic rings. The zero-order valence-electron chi connectivity index (χ0n) is 63.0. The number of amidine groups is 1. The van der Waals surface area contributed by atoms with Crippen LogP contribution < -0.4 is 16.0 Å². The van der Waals surface area contributed by atoms with Gasteiger partial charge >= 0.3 is 0 Å². The minimum Gasteiger partial charge on any atom is -0.394 e. The van der Waals surface area contributed by atoms with E-state index in [0.29, 0.717) is 70.3 Å². The van der Waals surface area contributed by atoms with Crippen LogP contribution in [0.4, 0.5) is 0 Å². The number of amides is 4. The van der Waals surface area contributed by atoms with Crippen molar-refractivity contribution in [3.05, 3.63) is 23.9 Å². The van der Waals surface area contributed by atoms with Gasteiger partial charge < -0.3 is 140 Å². The number of rotatable bonds is 35. The first-order valence-electron chi connectivity index (χ1n) is 39.3. The third kappa shape index (κ3) is 24.7. The van der Waals surface area contributed by atoms with E-state index in [-0.39, 0.29) is 42.6 Å². The highest BCUT2D eigenvalue weighted by Gasteiger charge is 2.58. The second-order valence-electron chi connectivity index (χ2n) is 30.5. The summed E-state index contributed by atoms with van der Waals surface area (Å²) in [6.45, 7) is 1.23. The number of thioether (sulfide) groups is 1. The van der Waals surface area contributed by atoms with Gasteiger partial charge in [-0.15, -0.1) is 0 Å². The molecule has 0 aromatic carbocycles. The van der Waals surface area contributed by atoms with Crippen molar-refractivity contribution in [2.24, 2.45) is 17.8 Å². The molecule has 626 valence electrons. The Hall–Kier alpha value is -3.62. The van der Waals surface area contributed by atoms with Crippen molar-refractivity contribution in [1.29, 1.82) is 5.41 Å². The number of nitrogens with one attached hydrogen (secondary N) is 4. The lowest BCUT2D eigenvalue weighted by Crippen LogP contribution is -2.70. The third-order valence-electron chi connectivity index (χ3n) is 22.4. The van der Waals surface area contributed by atoms with Crippen molar-refractivity contribution in [2.45, 2.75) is 333 Å². The van der Waals surface area contributed by atoms with Gasteiger partial charge in [-0.05, 0) is 122 Å². The number of allylic oxidation sites excluding steroid dienone is 4. The predicted octanol–water partition coefficient (Wildman–Crippen LogP) is -1.51. The summed E-state index contributed by atoms with van der Waals surface area (Å²) in [5.74, 6) is -0.434. The molecule has 0 radical (unpaired) electrons. The number of aliphatic hydroxyl groups excluding tert-OH is 15. The molecule has 35 heteroatoms. The number of hydrogen-bond donors (Lipinski definition) is 19. The van der Waals surface area contributed by atoms with E-state index in [4.69, 9.17) is 52.8 Å². The van der Waals surface area contributed by atoms with Crippen LogP contribution in [-0.2, 0) is 66.5 Å². The number of likely N-dealkylation sites (tertiary alicyclic amines) is 1. The zero-order valence-corrected chi connectivity index (χ0v) is 63.8. The van der Waals surface area contributed by atoms with Gasteiger partial charge in [-0.1, -0.05) is 63.2 Å². The standard InChI is InChI=1S/C74H125N5O29S/c1-4-5-6-18-29-74(3,109-32-21-24-50(75)78-43-22-16-13-11-9-7-8-10-12-14-17-23-43)44-33-51(86)79(68(44)98)34-41-25-27-42(28-26-41)67(97)76-30-19-15-20-31-99-70-60(94)57(91)63(48(38-83)103-70)105-72-61(95)58(92)64(49(39-84)104-72)106-73-62(96)66(55(89)47(37-82)102-73)108-69-52(77-40(2)85)65(54(88)46(36-81)100-69)107-71-59(93)56(90)53(87)45(35-80)101-71/h4-5,22,41-42,44-49,52-66,69-73,80-84,87-96H,6-21,23-39H2,1-3H3,(H2,75,78)(H,76,97)(H,77,85)/b5-4-,43-22+/t41?,42?,44?,45?,46?,47?,48?,49?,52?,53-,54-,55-,56?,57?,58?,59?,60?,61?,62+,63+,64-,65?,66?,69-,70+,71-,72-,73+,74?/m0/s1. The zero-order chi connectivity index (χ0) is 79.1. The number of carbonyl (C=O) groups excluding carboxylic acids is 4. The van der Waals surface area contributed by atoms with Gasteiger partial charge in [0.1, 0.15) is 122 Å². The Kier molecular flexibility index (Phi) is 37.6. The minimum absolute atomic E-state index is 0.0151. The second kappa shape index (κ2) is 45.0. The van der Waals surface area contributed by atoms with Crippen molar-refractivity contribution >= 4 is 41.2 Å². The normalized spacial score (nSPS) is 39.3. The molecule has 7 fully saturated rings. The maximum absolute atomic E-state index is 14.3. The van der Waals surface area contributed by atoms with Crippen LogP contribution >= 0.6 is 11.8 Å². The number of ether oxygens (including phenoxy) is 10. The van der Waals surface area contributed by atoms with Crippen LogP contribution in [0, 0.1) is 23.2 Å². The molecule has 6 aliphatic heterocycles. The number of unbranched alkanes of at least 4 members (excludes halogenated alkanes) is 3. The van der Waals surface area contributed by atoms with Crippen LogP contribution in [0.2, 0.25) is 0 Å². The quantitative estimate of drug-likeness (QED) is 0.0113. The maximum atomic E-state index is 14.3. The maximum Gasteiger partial charge on any atom is 0.234 e. The lowest BCUT2D eigenvalue weighted by atomic mass is 9.81. The van der Waals surface area contributed by atoms with Crippen LogP contribution in [0.3, 0.4) is 0 Å². The average molecular weight is 1580 g/mol. The molecule has 27 atom stereocenters. The van der Waals surface area contributed by atoms with Gasteiger partial charge in [-0.25, -0.2) is 0 Å². The summed E-state index contributed by atoms with van der Waals surface area (Å²) in [7, 11) is 0. The van der Waals surface area contributed by atoms with Crippen molar-refractivity contribution in [3.8, 4) is 0 Å². The van der Waals surface area contributed by atoms with E-state index in [1.54, 1.807) is 11.8 Å². The van der Waals surface area contributed by atoms with Crippen LogP contribution in [0.1, 0.15) is 175 Å². The van der Waals surface area contributed by atoms with Crippen LogP contribution in [0.15, 0.2) is 23.9 Å².